The van der Waals surface area contributed by atoms with E-state index in [1.54, 1.807) is 0 Å². The highest BCUT2D eigenvalue weighted by molar-refractivity contribution is 8.00. The van der Waals surface area contributed by atoms with E-state index in [4.69, 9.17) is 11.5 Å². The average molecular weight is 236 g/mol. The molecule has 4 N–H and O–H groups in total. The maximum atomic E-state index is 5.81. The van der Waals surface area contributed by atoms with Crippen molar-refractivity contribution in [1.82, 2.24) is 0 Å². The lowest BCUT2D eigenvalue weighted by Crippen LogP contribution is -2.14. The second kappa shape index (κ2) is 5.00. The number of nitrogen functional groups attached to an aromatic ring is 2. The normalized spacial score (nSPS) is 25.6. The number of nitrogens with two attached hydrogens (primary N) is 2. The van der Waals surface area contributed by atoms with Crippen LogP contribution >= 0.6 is 11.8 Å². The Kier molecular flexibility index (Phi) is 3.64. The Balaban J connectivity index is 2.00. The van der Waals surface area contributed by atoms with Gasteiger partial charge in [-0.1, -0.05) is 19.8 Å². The first-order valence-electron chi connectivity index (χ1n) is 5.97. The van der Waals surface area contributed by atoms with Crippen LogP contribution in [0.25, 0.3) is 0 Å². The number of hydrogen-bond donors (Lipinski definition) is 2. The molecule has 2 rings (SSSR count). The number of hydrogen-bond acceptors (Lipinski definition) is 3. The van der Waals surface area contributed by atoms with Crippen LogP contribution in [0.15, 0.2) is 23.1 Å². The summed E-state index contributed by atoms with van der Waals surface area (Å²) in [5.41, 5.74) is 12.9. The molecule has 1 aliphatic rings. The summed E-state index contributed by atoms with van der Waals surface area (Å²) in [4.78, 5) is 1.26. The fourth-order valence-corrected chi connectivity index (χ4v) is 3.74. The fraction of sp³-hybridized carbons (Fsp3) is 0.538. The second-order valence-electron chi connectivity index (χ2n) is 4.80. The Morgan fingerprint density at radius 3 is 2.69 bits per heavy atom. The molecule has 0 aromatic heterocycles. The molecule has 1 aliphatic carbocycles. The quantitative estimate of drug-likeness (QED) is 0.772. The molecule has 0 saturated heterocycles. The first kappa shape index (κ1) is 11.6. The van der Waals surface area contributed by atoms with Crippen LogP contribution in [0.1, 0.15) is 32.6 Å². The Morgan fingerprint density at radius 2 is 2.00 bits per heavy atom. The molecule has 1 aromatic rings. The Hall–Kier alpha value is -0.830. The van der Waals surface area contributed by atoms with Gasteiger partial charge in [0.15, 0.2) is 0 Å². The molecule has 0 aliphatic heterocycles. The number of rotatable bonds is 2. The van der Waals surface area contributed by atoms with Crippen molar-refractivity contribution in [2.75, 3.05) is 11.5 Å². The third kappa shape index (κ3) is 2.85. The number of thioether (sulfide) groups is 1. The van der Waals surface area contributed by atoms with Crippen LogP contribution in [0.3, 0.4) is 0 Å². The zero-order valence-electron chi connectivity index (χ0n) is 9.78. The summed E-state index contributed by atoms with van der Waals surface area (Å²) < 4.78 is 0. The molecule has 0 heterocycles. The molecule has 0 spiro atoms. The van der Waals surface area contributed by atoms with Gasteiger partial charge in [0, 0.05) is 10.1 Å². The van der Waals surface area contributed by atoms with Gasteiger partial charge in [-0.05, 0) is 37.0 Å². The van der Waals surface area contributed by atoms with E-state index in [1.807, 2.05) is 23.9 Å². The van der Waals surface area contributed by atoms with Crippen LogP contribution in [-0.2, 0) is 0 Å². The van der Waals surface area contributed by atoms with Crippen LogP contribution < -0.4 is 11.5 Å². The highest BCUT2D eigenvalue weighted by Gasteiger charge is 2.19. The van der Waals surface area contributed by atoms with Gasteiger partial charge in [-0.3, -0.25) is 0 Å². The minimum atomic E-state index is 0.682. The maximum absolute atomic E-state index is 5.81. The Bertz CT molecular complexity index is 365. The van der Waals surface area contributed by atoms with Crippen molar-refractivity contribution in [3.05, 3.63) is 18.2 Å². The summed E-state index contributed by atoms with van der Waals surface area (Å²) in [6, 6.07) is 5.98. The SMILES string of the molecule is CC1CCCC(Sc2ccc(N)c(N)c2)C1. The molecule has 1 saturated carbocycles. The summed E-state index contributed by atoms with van der Waals surface area (Å²) in [6.45, 7) is 2.35. The number of anilines is 2. The third-order valence-corrected chi connectivity index (χ3v) is 4.54. The molecule has 0 bridgehead atoms. The van der Waals surface area contributed by atoms with Crippen molar-refractivity contribution < 1.29 is 0 Å². The van der Waals surface area contributed by atoms with Crippen molar-refractivity contribution >= 4 is 23.1 Å². The summed E-state index contributed by atoms with van der Waals surface area (Å²) in [5.74, 6) is 0.873. The zero-order valence-corrected chi connectivity index (χ0v) is 10.6. The smallest absolute Gasteiger partial charge is 0.0559 e. The first-order chi connectivity index (χ1) is 7.65. The monoisotopic (exact) mass is 236 g/mol. The minimum absolute atomic E-state index is 0.682. The van der Waals surface area contributed by atoms with E-state index >= 15 is 0 Å². The van der Waals surface area contributed by atoms with Crippen molar-refractivity contribution in [3.63, 3.8) is 0 Å². The molecule has 2 nitrogen and oxygen atoms in total. The van der Waals surface area contributed by atoms with E-state index in [0.29, 0.717) is 11.4 Å². The molecule has 2 unspecified atom stereocenters. The standard InChI is InChI=1S/C13H20N2S/c1-9-3-2-4-10(7-9)16-11-5-6-12(14)13(15)8-11/h5-6,8-10H,2-4,7,14-15H2,1H3. The summed E-state index contributed by atoms with van der Waals surface area (Å²) in [5, 5.41) is 0.756. The molecule has 16 heavy (non-hydrogen) atoms. The van der Waals surface area contributed by atoms with Crippen molar-refractivity contribution in [3.8, 4) is 0 Å². The van der Waals surface area contributed by atoms with Gasteiger partial charge < -0.3 is 11.5 Å². The molecule has 1 aromatic carbocycles. The maximum Gasteiger partial charge on any atom is 0.0559 e. The van der Waals surface area contributed by atoms with E-state index in [1.165, 1.54) is 30.6 Å². The Labute approximate surface area is 102 Å². The highest BCUT2D eigenvalue weighted by Crippen LogP contribution is 2.37. The summed E-state index contributed by atoms with van der Waals surface area (Å²) in [7, 11) is 0. The highest BCUT2D eigenvalue weighted by atomic mass is 32.2. The van der Waals surface area contributed by atoms with Crippen molar-refractivity contribution in [2.24, 2.45) is 5.92 Å². The van der Waals surface area contributed by atoms with Gasteiger partial charge in [0.25, 0.3) is 0 Å². The predicted octanol–water partition coefficient (Wildman–Crippen LogP) is 3.52. The lowest BCUT2D eigenvalue weighted by molar-refractivity contribution is 0.394. The lowest BCUT2D eigenvalue weighted by atomic mass is 9.91. The molecule has 0 amide bonds. The summed E-state index contributed by atoms with van der Waals surface area (Å²) >= 11 is 1.96. The zero-order chi connectivity index (χ0) is 11.5. The van der Waals surface area contributed by atoms with Crippen LogP contribution in [0.2, 0.25) is 0 Å². The van der Waals surface area contributed by atoms with E-state index in [0.717, 1.165) is 11.2 Å². The molecule has 1 fully saturated rings. The number of benzene rings is 1. The van der Waals surface area contributed by atoms with Crippen LogP contribution in [-0.4, -0.2) is 5.25 Å². The fourth-order valence-electron chi connectivity index (χ4n) is 2.30. The Morgan fingerprint density at radius 1 is 1.19 bits per heavy atom. The topological polar surface area (TPSA) is 52.0 Å². The molecular weight excluding hydrogens is 216 g/mol. The van der Waals surface area contributed by atoms with Gasteiger partial charge in [-0.2, -0.15) is 0 Å². The van der Waals surface area contributed by atoms with Crippen LogP contribution in [0, 0.1) is 5.92 Å². The van der Waals surface area contributed by atoms with Crippen LogP contribution in [0.5, 0.6) is 0 Å². The van der Waals surface area contributed by atoms with E-state index in [-0.39, 0.29) is 0 Å². The lowest BCUT2D eigenvalue weighted by Gasteiger charge is -2.26. The van der Waals surface area contributed by atoms with Gasteiger partial charge in [0.1, 0.15) is 0 Å². The molecule has 0 radical (unpaired) electrons. The van der Waals surface area contributed by atoms with Gasteiger partial charge in [0.2, 0.25) is 0 Å². The average Bonchev–Trinajstić information content (AvgIpc) is 2.24. The van der Waals surface area contributed by atoms with Crippen molar-refractivity contribution in [2.45, 2.75) is 42.8 Å². The molecular formula is C13H20N2S. The van der Waals surface area contributed by atoms with Gasteiger partial charge in [0.05, 0.1) is 11.4 Å². The largest absolute Gasteiger partial charge is 0.397 e. The first-order valence-corrected chi connectivity index (χ1v) is 6.85. The van der Waals surface area contributed by atoms with Crippen LogP contribution in [0.4, 0.5) is 11.4 Å². The third-order valence-electron chi connectivity index (χ3n) is 3.25. The molecule has 88 valence electrons. The van der Waals surface area contributed by atoms with Gasteiger partial charge in [-0.25, -0.2) is 0 Å². The second-order valence-corrected chi connectivity index (χ2v) is 6.18. The molecule has 2 atom stereocenters. The van der Waals surface area contributed by atoms with E-state index < -0.39 is 0 Å². The molecule has 3 heteroatoms. The van der Waals surface area contributed by atoms with Crippen molar-refractivity contribution in [1.29, 1.82) is 0 Å². The van der Waals surface area contributed by atoms with Gasteiger partial charge in [-0.15, -0.1) is 11.8 Å². The minimum Gasteiger partial charge on any atom is -0.397 e. The van der Waals surface area contributed by atoms with E-state index in [9.17, 15) is 0 Å². The predicted molar refractivity (Wildman–Crippen MR) is 72.5 cm³/mol. The van der Waals surface area contributed by atoms with E-state index in [2.05, 4.69) is 13.0 Å². The summed E-state index contributed by atoms with van der Waals surface area (Å²) in [6.07, 6.45) is 5.42. The van der Waals surface area contributed by atoms with Gasteiger partial charge >= 0.3 is 0 Å².